The summed E-state index contributed by atoms with van der Waals surface area (Å²) in [5.41, 5.74) is 0. The van der Waals surface area contributed by atoms with Crippen LogP contribution in [-0.2, 0) is 52.2 Å². The highest BCUT2D eigenvalue weighted by Gasteiger charge is 2.02. The third kappa shape index (κ3) is 32.5. The van der Waals surface area contributed by atoms with Crippen LogP contribution in [0.15, 0.2) is 12.7 Å². The molecule has 0 fully saturated rings. The number of hydrogen-bond acceptors (Lipinski definition) is 11. The maximum atomic E-state index is 11.6. The van der Waals surface area contributed by atoms with E-state index in [9.17, 15) is 9.59 Å². The molecule has 0 bridgehead atoms. The Labute approximate surface area is 234 Å². The zero-order valence-electron chi connectivity index (χ0n) is 24.0. The van der Waals surface area contributed by atoms with Gasteiger partial charge in [-0.25, -0.2) is 4.79 Å². The highest BCUT2D eigenvalue weighted by Crippen LogP contribution is 2.07. The fraction of sp³-hybridized carbons (Fsp3) is 0.857. The SMILES string of the molecule is C=CC(=O)OCCOCCOCCOCCOCCOCCOCCOCCOC(=O)CCCCCCCC. The van der Waals surface area contributed by atoms with Crippen molar-refractivity contribution >= 4 is 11.9 Å². The van der Waals surface area contributed by atoms with Crippen molar-refractivity contribution in [2.75, 3.05) is 106 Å². The van der Waals surface area contributed by atoms with Gasteiger partial charge in [0.2, 0.25) is 0 Å². The lowest BCUT2D eigenvalue weighted by Gasteiger charge is -2.09. The standard InChI is InChI=1S/C28H52O11/c1-3-5-6-7-8-9-10-28(30)39-26-24-37-22-20-35-18-16-33-14-12-31-11-13-32-15-17-34-19-21-36-23-25-38-27(29)4-2/h4H,2-3,5-26H2,1H3. The molecule has 0 heterocycles. The number of carbonyl (C=O) groups is 2. The van der Waals surface area contributed by atoms with Crippen molar-refractivity contribution in [1.29, 1.82) is 0 Å². The summed E-state index contributed by atoms with van der Waals surface area (Å²) in [6.45, 7) is 12.3. The van der Waals surface area contributed by atoms with E-state index in [4.69, 9.17) is 42.6 Å². The van der Waals surface area contributed by atoms with Crippen molar-refractivity contribution in [3.63, 3.8) is 0 Å². The lowest BCUT2D eigenvalue weighted by atomic mass is 10.1. The lowest BCUT2D eigenvalue weighted by Crippen LogP contribution is -2.15. The van der Waals surface area contributed by atoms with Crippen LogP contribution in [0.3, 0.4) is 0 Å². The van der Waals surface area contributed by atoms with Gasteiger partial charge in [0, 0.05) is 12.5 Å². The normalized spacial score (nSPS) is 11.0. The van der Waals surface area contributed by atoms with E-state index in [0.29, 0.717) is 98.9 Å². The minimum absolute atomic E-state index is 0.147. The Morgan fingerprint density at radius 1 is 0.487 bits per heavy atom. The highest BCUT2D eigenvalue weighted by molar-refractivity contribution is 5.81. The number of ether oxygens (including phenoxy) is 9. The van der Waals surface area contributed by atoms with Crippen LogP contribution in [0.1, 0.15) is 51.9 Å². The van der Waals surface area contributed by atoms with Crippen LogP contribution in [0, 0.1) is 0 Å². The largest absolute Gasteiger partial charge is 0.463 e. The van der Waals surface area contributed by atoms with Gasteiger partial charge in [-0.1, -0.05) is 45.6 Å². The molecule has 0 aromatic rings. The third-order valence-electron chi connectivity index (χ3n) is 5.10. The number of carbonyl (C=O) groups excluding carboxylic acids is 2. The van der Waals surface area contributed by atoms with Gasteiger partial charge in [0.25, 0.3) is 0 Å². The maximum absolute atomic E-state index is 11.6. The summed E-state index contributed by atoms with van der Waals surface area (Å²) in [7, 11) is 0. The summed E-state index contributed by atoms with van der Waals surface area (Å²) >= 11 is 0. The van der Waals surface area contributed by atoms with Gasteiger partial charge in [0.1, 0.15) is 13.2 Å². The van der Waals surface area contributed by atoms with Gasteiger partial charge in [-0.15, -0.1) is 0 Å². The summed E-state index contributed by atoms with van der Waals surface area (Å²) in [6, 6.07) is 0. The molecule has 0 saturated heterocycles. The number of unbranched alkanes of at least 4 members (excludes halogenated alkanes) is 5. The van der Waals surface area contributed by atoms with E-state index in [1.807, 2.05) is 0 Å². The van der Waals surface area contributed by atoms with Gasteiger partial charge >= 0.3 is 11.9 Å². The van der Waals surface area contributed by atoms with Crippen molar-refractivity contribution in [3.8, 4) is 0 Å². The van der Waals surface area contributed by atoms with Crippen LogP contribution in [0.4, 0.5) is 0 Å². The summed E-state index contributed by atoms with van der Waals surface area (Å²) in [5.74, 6) is -0.607. The molecule has 0 unspecified atom stereocenters. The Morgan fingerprint density at radius 2 is 0.821 bits per heavy atom. The molecule has 0 aliphatic carbocycles. The molecule has 0 saturated carbocycles. The Balaban J connectivity index is 3.11. The molecule has 0 radical (unpaired) electrons. The molecule has 0 N–H and O–H groups in total. The minimum Gasteiger partial charge on any atom is -0.463 e. The van der Waals surface area contributed by atoms with E-state index in [-0.39, 0.29) is 19.2 Å². The lowest BCUT2D eigenvalue weighted by molar-refractivity contribution is -0.145. The Kier molecular flexibility index (Phi) is 31.3. The zero-order chi connectivity index (χ0) is 28.5. The van der Waals surface area contributed by atoms with Crippen molar-refractivity contribution in [2.24, 2.45) is 0 Å². The predicted octanol–water partition coefficient (Wildman–Crippen LogP) is 3.13. The molecular weight excluding hydrogens is 512 g/mol. The molecule has 39 heavy (non-hydrogen) atoms. The van der Waals surface area contributed by atoms with Crippen LogP contribution in [-0.4, -0.2) is 118 Å². The second-order valence-electron chi connectivity index (χ2n) is 8.40. The van der Waals surface area contributed by atoms with E-state index in [1.165, 1.54) is 25.7 Å². The van der Waals surface area contributed by atoms with E-state index >= 15 is 0 Å². The average molecular weight is 565 g/mol. The average Bonchev–Trinajstić information content (AvgIpc) is 2.94. The fourth-order valence-electron chi connectivity index (χ4n) is 3.02. The fourth-order valence-corrected chi connectivity index (χ4v) is 3.02. The number of hydrogen-bond donors (Lipinski definition) is 0. The molecule has 0 spiro atoms. The monoisotopic (exact) mass is 564 g/mol. The first-order valence-corrected chi connectivity index (χ1v) is 14.2. The number of esters is 2. The summed E-state index contributed by atoms with van der Waals surface area (Å²) in [5, 5.41) is 0. The molecule has 0 aromatic carbocycles. The van der Waals surface area contributed by atoms with Gasteiger partial charge in [-0.05, 0) is 6.42 Å². The highest BCUT2D eigenvalue weighted by atomic mass is 16.6. The molecule has 0 aliphatic heterocycles. The maximum Gasteiger partial charge on any atom is 0.330 e. The molecule has 0 aliphatic rings. The second kappa shape index (κ2) is 32.6. The van der Waals surface area contributed by atoms with Crippen molar-refractivity contribution in [2.45, 2.75) is 51.9 Å². The smallest absolute Gasteiger partial charge is 0.330 e. The first kappa shape index (κ1) is 37.4. The van der Waals surface area contributed by atoms with Crippen molar-refractivity contribution < 1.29 is 52.2 Å². The second-order valence-corrected chi connectivity index (χ2v) is 8.40. The molecule has 11 nitrogen and oxygen atoms in total. The molecule has 0 aromatic heterocycles. The Hall–Kier alpha value is -1.60. The Bertz CT molecular complexity index is 546. The molecule has 0 atom stereocenters. The van der Waals surface area contributed by atoms with Gasteiger partial charge in [0.15, 0.2) is 0 Å². The van der Waals surface area contributed by atoms with Crippen LogP contribution in [0.5, 0.6) is 0 Å². The topological polar surface area (TPSA) is 117 Å². The molecule has 0 amide bonds. The van der Waals surface area contributed by atoms with Gasteiger partial charge < -0.3 is 42.6 Å². The van der Waals surface area contributed by atoms with E-state index < -0.39 is 5.97 Å². The first-order valence-electron chi connectivity index (χ1n) is 14.2. The molecule has 230 valence electrons. The zero-order valence-corrected chi connectivity index (χ0v) is 24.0. The van der Waals surface area contributed by atoms with Crippen molar-refractivity contribution in [1.82, 2.24) is 0 Å². The van der Waals surface area contributed by atoms with Crippen LogP contribution >= 0.6 is 0 Å². The van der Waals surface area contributed by atoms with Crippen LogP contribution in [0.25, 0.3) is 0 Å². The summed E-state index contributed by atoms with van der Waals surface area (Å²) in [4.78, 5) is 22.4. The summed E-state index contributed by atoms with van der Waals surface area (Å²) < 4.78 is 47.7. The molecule has 11 heteroatoms. The quantitative estimate of drug-likeness (QED) is 0.0681. The van der Waals surface area contributed by atoms with Gasteiger partial charge in [-0.3, -0.25) is 4.79 Å². The molecular formula is C28H52O11. The van der Waals surface area contributed by atoms with E-state index in [2.05, 4.69) is 13.5 Å². The first-order chi connectivity index (χ1) is 19.2. The third-order valence-corrected chi connectivity index (χ3v) is 5.10. The Morgan fingerprint density at radius 3 is 1.21 bits per heavy atom. The predicted molar refractivity (Wildman–Crippen MR) is 146 cm³/mol. The summed E-state index contributed by atoms with van der Waals surface area (Å²) in [6.07, 6.45) is 8.52. The van der Waals surface area contributed by atoms with Gasteiger partial charge in [-0.2, -0.15) is 0 Å². The molecule has 0 rings (SSSR count). The number of rotatable bonds is 32. The van der Waals surface area contributed by atoms with Gasteiger partial charge in [0.05, 0.1) is 92.5 Å². The van der Waals surface area contributed by atoms with E-state index in [1.54, 1.807) is 0 Å². The van der Waals surface area contributed by atoms with Crippen molar-refractivity contribution in [3.05, 3.63) is 12.7 Å². The van der Waals surface area contributed by atoms with E-state index in [0.717, 1.165) is 18.9 Å². The van der Waals surface area contributed by atoms with Crippen LogP contribution in [0.2, 0.25) is 0 Å². The van der Waals surface area contributed by atoms with Crippen LogP contribution < -0.4 is 0 Å². The minimum atomic E-state index is -0.459.